The van der Waals surface area contributed by atoms with Gasteiger partial charge in [0.15, 0.2) is 11.6 Å². The molecule has 0 spiro atoms. The maximum atomic E-state index is 14.5. The lowest BCUT2D eigenvalue weighted by Gasteiger charge is -2.23. The normalized spacial score (nSPS) is 12.5. The van der Waals surface area contributed by atoms with Crippen molar-refractivity contribution >= 4 is 34.8 Å². The molecule has 0 atom stereocenters. The van der Waals surface area contributed by atoms with Crippen molar-refractivity contribution in [2.75, 3.05) is 51.0 Å². The Hall–Kier alpha value is -3.43. The Morgan fingerprint density at radius 1 is 1.30 bits per heavy atom. The van der Waals surface area contributed by atoms with E-state index in [1.54, 1.807) is 18.2 Å². The van der Waals surface area contributed by atoms with Gasteiger partial charge in [0.05, 0.1) is 17.9 Å². The van der Waals surface area contributed by atoms with Gasteiger partial charge in [0.2, 0.25) is 0 Å². The second-order valence-corrected chi connectivity index (χ2v) is 8.06. The lowest BCUT2D eigenvalue weighted by atomic mass is 10.1. The van der Waals surface area contributed by atoms with Gasteiger partial charge in [0, 0.05) is 29.0 Å². The van der Waals surface area contributed by atoms with Crippen LogP contribution in [0.2, 0.25) is 5.02 Å². The van der Waals surface area contributed by atoms with Crippen molar-refractivity contribution < 1.29 is 18.7 Å². The molecule has 0 aliphatic carbocycles. The third-order valence-corrected chi connectivity index (χ3v) is 5.07. The summed E-state index contributed by atoms with van der Waals surface area (Å²) in [4.78, 5) is 22.9. The largest absolute Gasteiger partial charge is 0.486 e. The van der Waals surface area contributed by atoms with Gasteiger partial charge >= 0.3 is 5.97 Å². The summed E-state index contributed by atoms with van der Waals surface area (Å²) in [6, 6.07) is 9.27. The fourth-order valence-corrected chi connectivity index (χ4v) is 3.39. The van der Waals surface area contributed by atoms with Gasteiger partial charge in [0.1, 0.15) is 24.7 Å². The molecule has 4 rings (SSSR count). The molecule has 2 N–H and O–H groups in total. The number of nitrogens with zero attached hydrogens (tertiary/aromatic N) is 3. The third-order valence-electron chi connectivity index (χ3n) is 4.84. The topological polar surface area (TPSA) is 88.6 Å². The number of fused-ring (bicyclic) bond motifs is 1. The molecule has 1 aliphatic rings. The van der Waals surface area contributed by atoms with Crippen LogP contribution < -0.4 is 15.4 Å². The van der Waals surface area contributed by atoms with Crippen LogP contribution in [0.3, 0.4) is 0 Å². The number of carbonyl (C=O) groups excluding carboxylic acids is 1. The summed E-state index contributed by atoms with van der Waals surface area (Å²) >= 11 is 6.08. The second-order valence-electron chi connectivity index (χ2n) is 7.63. The molecular formula is C23H23ClFN5O3. The molecule has 1 aromatic carbocycles. The molecule has 0 bridgehead atoms. The molecule has 3 aromatic rings. The van der Waals surface area contributed by atoms with Crippen LogP contribution in [0.4, 0.5) is 21.6 Å². The quantitative estimate of drug-likeness (QED) is 0.496. The van der Waals surface area contributed by atoms with Gasteiger partial charge in [-0.25, -0.2) is 19.2 Å². The highest BCUT2D eigenvalue weighted by Gasteiger charge is 2.20. The average Bonchev–Trinajstić information content (AvgIpc) is 2.80. The van der Waals surface area contributed by atoms with E-state index in [0.717, 1.165) is 0 Å². The number of hydrogen-bond donors (Lipinski definition) is 2. The van der Waals surface area contributed by atoms with Crippen LogP contribution in [0, 0.1) is 5.82 Å². The summed E-state index contributed by atoms with van der Waals surface area (Å²) in [6.07, 6.45) is 1.51. The number of halogens is 2. The summed E-state index contributed by atoms with van der Waals surface area (Å²) in [5.41, 5.74) is 1.96. The summed E-state index contributed by atoms with van der Waals surface area (Å²) in [6.45, 7) is 1.89. The highest BCUT2D eigenvalue weighted by molar-refractivity contribution is 6.30. The van der Waals surface area contributed by atoms with Gasteiger partial charge in [0.25, 0.3) is 0 Å². The van der Waals surface area contributed by atoms with E-state index in [2.05, 4.69) is 20.6 Å². The fraction of sp³-hybridized carbons (Fsp3) is 0.261. The van der Waals surface area contributed by atoms with Crippen molar-refractivity contribution in [3.05, 3.63) is 59.1 Å². The second kappa shape index (κ2) is 10.0. The van der Waals surface area contributed by atoms with Crippen LogP contribution in [-0.2, 0) is 4.74 Å². The van der Waals surface area contributed by atoms with Crippen molar-refractivity contribution in [1.82, 2.24) is 14.9 Å². The molecule has 33 heavy (non-hydrogen) atoms. The summed E-state index contributed by atoms with van der Waals surface area (Å²) in [5.74, 6) is 0.0235. The lowest BCUT2D eigenvalue weighted by Crippen LogP contribution is -2.20. The fourth-order valence-electron chi connectivity index (χ4n) is 3.22. The van der Waals surface area contributed by atoms with Gasteiger partial charge < -0.3 is 25.0 Å². The Labute approximate surface area is 195 Å². The predicted molar refractivity (Wildman–Crippen MR) is 125 cm³/mol. The van der Waals surface area contributed by atoms with Gasteiger partial charge in [-0.1, -0.05) is 11.6 Å². The van der Waals surface area contributed by atoms with E-state index < -0.39 is 11.8 Å². The van der Waals surface area contributed by atoms with Crippen LogP contribution in [-0.4, -0.2) is 61.2 Å². The van der Waals surface area contributed by atoms with Gasteiger partial charge in [-0.3, -0.25) is 0 Å². The zero-order valence-corrected chi connectivity index (χ0v) is 18.9. The lowest BCUT2D eigenvalue weighted by molar-refractivity contribution is 0.0475. The molecule has 1 aliphatic heterocycles. The highest BCUT2D eigenvalue weighted by Crippen LogP contribution is 2.39. The Bertz CT molecular complexity index is 1170. The van der Waals surface area contributed by atoms with E-state index in [0.29, 0.717) is 53.4 Å². The summed E-state index contributed by atoms with van der Waals surface area (Å²) < 4.78 is 25.6. The first kappa shape index (κ1) is 22.8. The van der Waals surface area contributed by atoms with Crippen LogP contribution in [0.25, 0.3) is 11.3 Å². The maximum absolute atomic E-state index is 14.5. The number of likely N-dealkylation sites (N-methyl/N-ethyl adjacent to an activating group) is 1. The SMILES string of the molecule is CN(C)CCOC(=O)c1cc(Nc2cc(-c3cc(Cl)ccc3F)nc3c2OCCN3)ccn1. The Kier molecular flexibility index (Phi) is 6.90. The molecule has 8 nitrogen and oxygen atoms in total. The smallest absolute Gasteiger partial charge is 0.357 e. The molecule has 0 amide bonds. The zero-order valence-electron chi connectivity index (χ0n) is 18.2. The monoisotopic (exact) mass is 471 g/mol. The molecular weight excluding hydrogens is 449 g/mol. The van der Waals surface area contributed by atoms with E-state index in [1.807, 2.05) is 19.0 Å². The molecule has 172 valence electrons. The first-order valence-electron chi connectivity index (χ1n) is 10.3. The molecule has 0 saturated carbocycles. The van der Waals surface area contributed by atoms with Crippen molar-refractivity contribution in [1.29, 1.82) is 0 Å². The van der Waals surface area contributed by atoms with E-state index in [-0.39, 0.29) is 17.9 Å². The van der Waals surface area contributed by atoms with Gasteiger partial charge in [-0.05, 0) is 50.5 Å². The number of rotatable bonds is 7. The molecule has 2 aromatic heterocycles. The van der Waals surface area contributed by atoms with Gasteiger partial charge in [-0.15, -0.1) is 0 Å². The number of hydrogen-bond acceptors (Lipinski definition) is 8. The van der Waals surface area contributed by atoms with Crippen LogP contribution in [0.15, 0.2) is 42.6 Å². The molecule has 0 radical (unpaired) electrons. The Morgan fingerprint density at radius 3 is 2.97 bits per heavy atom. The average molecular weight is 472 g/mol. The van der Waals surface area contributed by atoms with E-state index in [1.165, 1.54) is 24.4 Å². The van der Waals surface area contributed by atoms with E-state index in [4.69, 9.17) is 21.1 Å². The van der Waals surface area contributed by atoms with Crippen LogP contribution in [0.1, 0.15) is 10.5 Å². The summed E-state index contributed by atoms with van der Waals surface area (Å²) in [5, 5.41) is 6.80. The number of aromatic nitrogens is 2. The first-order chi connectivity index (χ1) is 15.9. The zero-order chi connectivity index (χ0) is 23.4. The Balaban J connectivity index is 1.64. The van der Waals surface area contributed by atoms with Crippen LogP contribution >= 0.6 is 11.6 Å². The highest BCUT2D eigenvalue weighted by atomic mass is 35.5. The standard InChI is InChI=1S/C23H23ClFN5O3/c1-30(2)8-10-33-23(31)20-12-15(5-6-26-20)28-19-13-18(16-11-14(24)3-4-17(16)25)29-22-21(19)32-9-7-27-22/h3-6,11-13H,7-10H2,1-2H3,(H2,26,27,28,29). The molecule has 3 heterocycles. The first-order valence-corrected chi connectivity index (χ1v) is 10.7. The predicted octanol–water partition coefficient (Wildman–Crippen LogP) is 4.20. The van der Waals surface area contributed by atoms with E-state index >= 15 is 0 Å². The van der Waals surface area contributed by atoms with Crippen molar-refractivity contribution in [2.45, 2.75) is 0 Å². The maximum Gasteiger partial charge on any atom is 0.357 e. The Morgan fingerprint density at radius 2 is 2.15 bits per heavy atom. The third kappa shape index (κ3) is 5.50. The van der Waals surface area contributed by atoms with Crippen molar-refractivity contribution in [3.63, 3.8) is 0 Å². The molecule has 0 fully saturated rings. The minimum Gasteiger partial charge on any atom is -0.486 e. The number of esters is 1. The number of benzene rings is 1. The number of anilines is 3. The molecule has 0 saturated heterocycles. The number of nitrogens with one attached hydrogen (secondary N) is 2. The minimum absolute atomic E-state index is 0.168. The summed E-state index contributed by atoms with van der Waals surface area (Å²) in [7, 11) is 3.79. The molecule has 0 unspecified atom stereocenters. The van der Waals surface area contributed by atoms with Crippen LogP contribution in [0.5, 0.6) is 5.75 Å². The number of pyridine rings is 2. The van der Waals surface area contributed by atoms with E-state index in [9.17, 15) is 9.18 Å². The number of ether oxygens (including phenoxy) is 2. The molecule has 10 heteroatoms. The van der Waals surface area contributed by atoms with Crippen molar-refractivity contribution in [3.8, 4) is 17.0 Å². The minimum atomic E-state index is -0.517. The van der Waals surface area contributed by atoms with Crippen molar-refractivity contribution in [2.24, 2.45) is 0 Å². The number of carbonyl (C=O) groups is 1. The van der Waals surface area contributed by atoms with Gasteiger partial charge in [-0.2, -0.15) is 0 Å².